The summed E-state index contributed by atoms with van der Waals surface area (Å²) in [7, 11) is -3.58. The highest BCUT2D eigenvalue weighted by Gasteiger charge is 2.32. The van der Waals surface area contributed by atoms with Gasteiger partial charge in [-0.15, -0.1) is 12.4 Å². The molecule has 4 nitrogen and oxygen atoms in total. The van der Waals surface area contributed by atoms with Crippen LogP contribution in [0.4, 0.5) is 4.39 Å². The molecule has 1 aromatic rings. The first-order valence-electron chi connectivity index (χ1n) is 5.60. The summed E-state index contributed by atoms with van der Waals surface area (Å²) in [4.78, 5) is 0.109. The normalized spacial score (nSPS) is 20.9. The van der Waals surface area contributed by atoms with Crippen molar-refractivity contribution in [3.63, 3.8) is 0 Å². The maximum Gasteiger partial charge on any atom is 0.244 e. The van der Waals surface area contributed by atoms with Gasteiger partial charge in [0.05, 0.1) is 4.90 Å². The van der Waals surface area contributed by atoms with E-state index in [2.05, 4.69) is 21.2 Å². The third kappa shape index (κ3) is 3.46. The number of hydrogen-bond donors (Lipinski definition) is 1. The molecule has 0 aromatic heterocycles. The minimum atomic E-state index is -3.58. The quantitative estimate of drug-likeness (QED) is 0.862. The van der Waals surface area contributed by atoms with Crippen LogP contribution in [0.25, 0.3) is 0 Å². The first-order chi connectivity index (χ1) is 8.43. The van der Waals surface area contributed by atoms with Gasteiger partial charge in [-0.1, -0.05) is 0 Å². The number of halogens is 3. The monoisotopic (exact) mass is 372 g/mol. The lowest BCUT2D eigenvalue weighted by Crippen LogP contribution is -2.52. The average molecular weight is 374 g/mol. The first-order valence-corrected chi connectivity index (χ1v) is 7.84. The maximum absolute atomic E-state index is 13.0. The van der Waals surface area contributed by atoms with Crippen LogP contribution in [0.15, 0.2) is 27.6 Å². The van der Waals surface area contributed by atoms with Crippen molar-refractivity contribution in [3.8, 4) is 0 Å². The summed E-state index contributed by atoms with van der Waals surface area (Å²) >= 11 is 3.11. The van der Waals surface area contributed by atoms with E-state index in [-0.39, 0.29) is 27.8 Å². The van der Waals surface area contributed by atoms with Gasteiger partial charge in [0.1, 0.15) is 5.82 Å². The minimum Gasteiger partial charge on any atom is -0.314 e. The Morgan fingerprint density at radius 1 is 1.47 bits per heavy atom. The molecule has 1 fully saturated rings. The zero-order valence-corrected chi connectivity index (χ0v) is 13.5. The number of nitrogens with one attached hydrogen (secondary N) is 1. The summed E-state index contributed by atoms with van der Waals surface area (Å²) < 4.78 is 39.7. The van der Waals surface area contributed by atoms with Crippen molar-refractivity contribution in [1.29, 1.82) is 0 Å². The highest BCUT2D eigenvalue weighted by atomic mass is 79.9. The summed E-state index contributed by atoms with van der Waals surface area (Å²) in [5, 5.41) is 3.13. The molecule has 0 spiro atoms. The van der Waals surface area contributed by atoms with Crippen molar-refractivity contribution in [3.05, 3.63) is 28.5 Å². The standard InChI is InChI=1S/C11H14BrFN2O2S.ClH/c1-8-7-14-4-5-15(8)18(16,17)11-3-2-9(13)6-10(11)12;/h2-3,6,8,14H,4-5,7H2,1H3;1H/t8-;/m0./s1. The highest BCUT2D eigenvalue weighted by Crippen LogP contribution is 2.27. The fourth-order valence-electron chi connectivity index (χ4n) is 1.99. The summed E-state index contributed by atoms with van der Waals surface area (Å²) in [5.74, 6) is -0.464. The van der Waals surface area contributed by atoms with E-state index in [4.69, 9.17) is 0 Å². The molecule has 108 valence electrons. The molecule has 1 aliphatic rings. The predicted octanol–water partition coefficient (Wildman–Crippen LogP) is 1.99. The highest BCUT2D eigenvalue weighted by molar-refractivity contribution is 9.10. The Labute approximate surface area is 127 Å². The van der Waals surface area contributed by atoms with E-state index in [1.807, 2.05) is 6.92 Å². The van der Waals surface area contributed by atoms with Gasteiger partial charge in [0.25, 0.3) is 0 Å². The molecule has 2 rings (SSSR count). The Kier molecular flexibility index (Phi) is 5.76. The molecule has 1 saturated heterocycles. The van der Waals surface area contributed by atoms with Gasteiger partial charge in [-0.05, 0) is 41.1 Å². The lowest BCUT2D eigenvalue weighted by atomic mass is 10.3. The predicted molar refractivity (Wildman–Crippen MR) is 77.6 cm³/mol. The molecule has 0 unspecified atom stereocenters. The van der Waals surface area contributed by atoms with Gasteiger partial charge < -0.3 is 5.32 Å². The number of nitrogens with zero attached hydrogens (tertiary/aromatic N) is 1. The van der Waals surface area contributed by atoms with Crippen LogP contribution < -0.4 is 5.32 Å². The van der Waals surface area contributed by atoms with E-state index in [1.54, 1.807) is 0 Å². The molecule has 1 aromatic carbocycles. The van der Waals surface area contributed by atoms with E-state index in [9.17, 15) is 12.8 Å². The van der Waals surface area contributed by atoms with Gasteiger partial charge in [0, 0.05) is 30.1 Å². The molecule has 8 heteroatoms. The summed E-state index contributed by atoms with van der Waals surface area (Å²) in [6.07, 6.45) is 0. The fraction of sp³-hybridized carbons (Fsp3) is 0.455. The van der Waals surface area contributed by atoms with Gasteiger partial charge >= 0.3 is 0 Å². The van der Waals surface area contributed by atoms with Gasteiger partial charge in [-0.3, -0.25) is 0 Å². The second-order valence-corrected chi connectivity index (χ2v) is 6.96. The number of benzene rings is 1. The Balaban J connectivity index is 0.00000180. The molecule has 19 heavy (non-hydrogen) atoms. The lowest BCUT2D eigenvalue weighted by Gasteiger charge is -2.33. The summed E-state index contributed by atoms with van der Waals surface area (Å²) in [6, 6.07) is 3.51. The first kappa shape index (κ1) is 16.8. The van der Waals surface area contributed by atoms with Crippen molar-refractivity contribution in [2.24, 2.45) is 0 Å². The molecule has 1 heterocycles. The van der Waals surface area contributed by atoms with Crippen LogP contribution in [0, 0.1) is 5.82 Å². The number of sulfonamides is 1. The Morgan fingerprint density at radius 3 is 2.74 bits per heavy atom. The minimum absolute atomic E-state index is 0. The molecule has 1 atom stereocenters. The van der Waals surface area contributed by atoms with E-state index in [1.165, 1.54) is 16.4 Å². The average Bonchev–Trinajstić information content (AvgIpc) is 2.28. The molecule has 0 aliphatic carbocycles. The molecular formula is C11H15BrClFN2O2S. The van der Waals surface area contributed by atoms with Crippen LogP contribution in [-0.2, 0) is 10.0 Å². The van der Waals surface area contributed by atoms with Crippen LogP contribution in [0.3, 0.4) is 0 Å². The largest absolute Gasteiger partial charge is 0.314 e. The van der Waals surface area contributed by atoms with Crippen molar-refractivity contribution in [2.45, 2.75) is 17.9 Å². The number of hydrogen-bond acceptors (Lipinski definition) is 3. The number of piperazine rings is 1. The zero-order chi connectivity index (χ0) is 13.3. The van der Waals surface area contributed by atoms with Crippen LogP contribution in [0.1, 0.15) is 6.92 Å². The maximum atomic E-state index is 13.0. The van der Waals surface area contributed by atoms with E-state index >= 15 is 0 Å². The molecule has 0 saturated carbocycles. The molecule has 1 aliphatic heterocycles. The molecule has 1 N–H and O–H groups in total. The van der Waals surface area contributed by atoms with Crippen molar-refractivity contribution in [2.75, 3.05) is 19.6 Å². The van der Waals surface area contributed by atoms with Crippen LogP contribution in [0.2, 0.25) is 0 Å². The van der Waals surface area contributed by atoms with Crippen LogP contribution >= 0.6 is 28.3 Å². The van der Waals surface area contributed by atoms with Gasteiger partial charge in [0.2, 0.25) is 10.0 Å². The van der Waals surface area contributed by atoms with Gasteiger partial charge in [-0.2, -0.15) is 4.31 Å². The van der Waals surface area contributed by atoms with Crippen molar-refractivity contribution < 1.29 is 12.8 Å². The second-order valence-electron chi connectivity index (χ2n) is 4.24. The Hall–Kier alpha value is -0.210. The topological polar surface area (TPSA) is 49.4 Å². The molecular weight excluding hydrogens is 359 g/mol. The van der Waals surface area contributed by atoms with Crippen molar-refractivity contribution in [1.82, 2.24) is 9.62 Å². The van der Waals surface area contributed by atoms with Crippen LogP contribution in [0.5, 0.6) is 0 Å². The smallest absolute Gasteiger partial charge is 0.244 e. The molecule has 0 amide bonds. The third-order valence-electron chi connectivity index (χ3n) is 2.92. The Bertz CT molecular complexity index is 556. The molecule has 0 bridgehead atoms. The van der Waals surface area contributed by atoms with Gasteiger partial charge in [0.15, 0.2) is 0 Å². The van der Waals surface area contributed by atoms with E-state index in [0.717, 1.165) is 6.07 Å². The van der Waals surface area contributed by atoms with E-state index in [0.29, 0.717) is 19.6 Å². The van der Waals surface area contributed by atoms with Gasteiger partial charge in [-0.25, -0.2) is 12.8 Å². The molecule has 0 radical (unpaired) electrons. The zero-order valence-electron chi connectivity index (χ0n) is 10.3. The number of rotatable bonds is 2. The van der Waals surface area contributed by atoms with Crippen LogP contribution in [-0.4, -0.2) is 38.4 Å². The second kappa shape index (κ2) is 6.49. The third-order valence-corrected chi connectivity index (χ3v) is 5.91. The Morgan fingerprint density at radius 2 is 2.16 bits per heavy atom. The lowest BCUT2D eigenvalue weighted by molar-refractivity contribution is 0.283. The van der Waals surface area contributed by atoms with Crippen molar-refractivity contribution >= 4 is 38.4 Å². The SMILES string of the molecule is C[C@H]1CNCCN1S(=O)(=O)c1ccc(F)cc1Br.Cl. The summed E-state index contributed by atoms with van der Waals surface area (Å²) in [5.41, 5.74) is 0. The fourth-order valence-corrected chi connectivity index (χ4v) is 4.63. The van der Waals surface area contributed by atoms with E-state index < -0.39 is 15.8 Å². The summed E-state index contributed by atoms with van der Waals surface area (Å²) in [6.45, 7) is 3.52.